The zero-order chi connectivity index (χ0) is 15.8. The molecule has 0 N–H and O–H groups in total. The van der Waals surface area contributed by atoms with Gasteiger partial charge < -0.3 is 0 Å². The normalized spacial score (nSPS) is 21.4. The first-order valence-electron chi connectivity index (χ1n) is 6.26. The lowest BCUT2D eigenvalue weighted by atomic mass is 10.2. The van der Waals surface area contributed by atoms with E-state index in [0.29, 0.717) is 12.8 Å². The second kappa shape index (κ2) is 5.83. The van der Waals surface area contributed by atoms with Gasteiger partial charge in [0.2, 0.25) is 10.0 Å². The Kier molecular flexibility index (Phi) is 4.63. The largest absolute Gasteiger partial charge is 0.246 e. The summed E-state index contributed by atoms with van der Waals surface area (Å²) in [6.45, 7) is 0.334. The van der Waals surface area contributed by atoms with Gasteiger partial charge in [-0.15, -0.1) is 11.6 Å². The van der Waals surface area contributed by atoms with Gasteiger partial charge in [-0.1, -0.05) is 0 Å². The average molecular weight is 356 g/mol. The van der Waals surface area contributed by atoms with Crippen molar-refractivity contribution in [2.75, 3.05) is 19.3 Å². The van der Waals surface area contributed by atoms with Crippen LogP contribution in [0.25, 0.3) is 0 Å². The number of piperidine rings is 1. The van der Waals surface area contributed by atoms with Gasteiger partial charge in [-0.25, -0.2) is 21.2 Å². The van der Waals surface area contributed by atoms with Crippen LogP contribution in [0.5, 0.6) is 0 Å². The summed E-state index contributed by atoms with van der Waals surface area (Å²) in [4.78, 5) is -0.863. The number of rotatable bonds is 3. The van der Waals surface area contributed by atoms with Gasteiger partial charge in [0.25, 0.3) is 0 Å². The Morgan fingerprint density at radius 2 is 1.95 bits per heavy atom. The number of benzene rings is 1. The summed E-state index contributed by atoms with van der Waals surface area (Å²) in [7, 11) is -7.72. The van der Waals surface area contributed by atoms with Crippen molar-refractivity contribution in [3.05, 3.63) is 24.0 Å². The van der Waals surface area contributed by atoms with Crippen molar-refractivity contribution in [3.8, 4) is 0 Å². The fraction of sp³-hybridized carbons (Fsp3) is 0.500. The van der Waals surface area contributed by atoms with Crippen LogP contribution in [0, 0.1) is 5.82 Å². The Balaban J connectivity index is 2.49. The third-order valence-electron chi connectivity index (χ3n) is 3.28. The fourth-order valence-corrected chi connectivity index (χ4v) is 4.90. The standard InChI is InChI=1S/C12H15ClFNO4S2/c1-20(16,17)10-4-5-11(14)12(7-10)21(18,19)15-6-2-3-9(13)8-15/h4-5,7,9H,2-3,6,8H2,1H3. The molecule has 0 saturated carbocycles. The summed E-state index contributed by atoms with van der Waals surface area (Å²) in [6, 6.07) is 2.76. The molecule has 1 aliphatic rings. The fourth-order valence-electron chi connectivity index (χ4n) is 2.16. The van der Waals surface area contributed by atoms with Crippen molar-refractivity contribution in [2.45, 2.75) is 28.0 Å². The molecule has 1 aliphatic heterocycles. The molecule has 0 amide bonds. The maximum Gasteiger partial charge on any atom is 0.246 e. The summed E-state index contributed by atoms with van der Waals surface area (Å²) >= 11 is 5.95. The zero-order valence-electron chi connectivity index (χ0n) is 11.3. The molecule has 2 rings (SSSR count). The second-order valence-electron chi connectivity index (χ2n) is 4.97. The molecule has 0 aliphatic carbocycles. The predicted molar refractivity (Wildman–Crippen MR) is 77.1 cm³/mol. The lowest BCUT2D eigenvalue weighted by Gasteiger charge is -2.29. The summed E-state index contributed by atoms with van der Waals surface area (Å²) in [5.74, 6) is -0.973. The van der Waals surface area contributed by atoms with E-state index in [9.17, 15) is 21.2 Å². The number of sulfone groups is 1. The molecule has 0 radical (unpaired) electrons. The van der Waals surface area contributed by atoms with Crippen LogP contribution in [0.1, 0.15) is 12.8 Å². The number of hydrogen-bond donors (Lipinski definition) is 0. The minimum Gasteiger partial charge on any atom is -0.224 e. The quantitative estimate of drug-likeness (QED) is 0.610. The van der Waals surface area contributed by atoms with E-state index in [0.717, 1.165) is 28.8 Å². The minimum absolute atomic E-state index is 0.0897. The van der Waals surface area contributed by atoms with E-state index in [1.807, 2.05) is 0 Å². The van der Waals surface area contributed by atoms with E-state index in [2.05, 4.69) is 0 Å². The van der Waals surface area contributed by atoms with Gasteiger partial charge in [-0.3, -0.25) is 0 Å². The highest BCUT2D eigenvalue weighted by Crippen LogP contribution is 2.26. The smallest absolute Gasteiger partial charge is 0.224 e. The number of nitrogens with zero attached hydrogens (tertiary/aromatic N) is 1. The van der Waals surface area contributed by atoms with E-state index in [1.165, 1.54) is 0 Å². The lowest BCUT2D eigenvalue weighted by Crippen LogP contribution is -2.40. The van der Waals surface area contributed by atoms with Crippen molar-refractivity contribution in [2.24, 2.45) is 0 Å². The predicted octanol–water partition coefficient (Wildman–Crippen LogP) is 1.62. The Morgan fingerprint density at radius 1 is 1.29 bits per heavy atom. The molecule has 0 bridgehead atoms. The van der Waals surface area contributed by atoms with Crippen molar-refractivity contribution in [3.63, 3.8) is 0 Å². The third kappa shape index (κ3) is 3.56. The molecular weight excluding hydrogens is 341 g/mol. The highest BCUT2D eigenvalue weighted by atomic mass is 35.5. The van der Waals surface area contributed by atoms with E-state index < -0.39 is 30.6 Å². The summed E-state index contributed by atoms with van der Waals surface area (Å²) in [5.41, 5.74) is 0. The van der Waals surface area contributed by atoms with Gasteiger partial charge in [0.05, 0.1) is 4.90 Å². The molecule has 1 saturated heterocycles. The monoisotopic (exact) mass is 355 g/mol. The summed E-state index contributed by atoms with van der Waals surface area (Å²) in [5, 5.41) is -0.324. The van der Waals surface area contributed by atoms with Crippen LogP contribution in [0.2, 0.25) is 0 Å². The van der Waals surface area contributed by atoms with Crippen LogP contribution in [-0.2, 0) is 19.9 Å². The maximum absolute atomic E-state index is 13.9. The summed E-state index contributed by atoms with van der Waals surface area (Å²) in [6.07, 6.45) is 2.21. The molecule has 21 heavy (non-hydrogen) atoms. The molecule has 9 heteroatoms. The molecular formula is C12H15ClFNO4S2. The topological polar surface area (TPSA) is 71.5 Å². The molecule has 0 spiro atoms. The van der Waals surface area contributed by atoms with Gasteiger partial charge in [0.15, 0.2) is 9.84 Å². The molecule has 0 aromatic heterocycles. The van der Waals surface area contributed by atoms with Crippen molar-refractivity contribution in [1.82, 2.24) is 4.31 Å². The number of hydrogen-bond acceptors (Lipinski definition) is 4. The Hall–Kier alpha value is -0.700. The molecule has 118 valence electrons. The number of alkyl halides is 1. The number of sulfonamides is 1. The number of halogens is 2. The third-order valence-corrected chi connectivity index (χ3v) is 6.62. The van der Waals surface area contributed by atoms with Gasteiger partial charge >= 0.3 is 0 Å². The SMILES string of the molecule is CS(=O)(=O)c1ccc(F)c(S(=O)(=O)N2CCCC(Cl)C2)c1. The first-order chi connectivity index (χ1) is 9.62. The van der Waals surface area contributed by atoms with Gasteiger partial charge in [0.1, 0.15) is 10.7 Å². The molecule has 1 atom stereocenters. The first-order valence-corrected chi connectivity index (χ1v) is 10.0. The molecule has 1 unspecified atom stereocenters. The van der Waals surface area contributed by atoms with Crippen molar-refractivity contribution >= 4 is 31.5 Å². The van der Waals surface area contributed by atoms with Gasteiger partial charge in [-0.2, -0.15) is 4.31 Å². The minimum atomic E-state index is -4.10. The van der Waals surface area contributed by atoms with E-state index in [-0.39, 0.29) is 23.4 Å². The van der Waals surface area contributed by atoms with Gasteiger partial charge in [0, 0.05) is 24.7 Å². The molecule has 1 heterocycles. The van der Waals surface area contributed by atoms with Crippen molar-refractivity contribution < 1.29 is 21.2 Å². The summed E-state index contributed by atoms with van der Waals surface area (Å²) < 4.78 is 62.9. The molecule has 1 aromatic carbocycles. The Morgan fingerprint density at radius 3 is 2.52 bits per heavy atom. The molecule has 1 fully saturated rings. The second-order valence-corrected chi connectivity index (χ2v) is 9.51. The first kappa shape index (κ1) is 16.7. The highest BCUT2D eigenvalue weighted by Gasteiger charge is 2.32. The molecule has 1 aromatic rings. The van der Waals surface area contributed by atoms with Crippen LogP contribution < -0.4 is 0 Å². The maximum atomic E-state index is 13.9. The van der Waals surface area contributed by atoms with Crippen LogP contribution in [0.4, 0.5) is 4.39 Å². The molecule has 5 nitrogen and oxygen atoms in total. The van der Waals surface area contributed by atoms with Gasteiger partial charge in [-0.05, 0) is 31.0 Å². The Bertz CT molecular complexity index is 749. The zero-order valence-corrected chi connectivity index (χ0v) is 13.7. The van der Waals surface area contributed by atoms with Crippen molar-refractivity contribution in [1.29, 1.82) is 0 Å². The lowest BCUT2D eigenvalue weighted by molar-refractivity contribution is 0.349. The highest BCUT2D eigenvalue weighted by molar-refractivity contribution is 7.91. The van der Waals surface area contributed by atoms with Crippen LogP contribution >= 0.6 is 11.6 Å². The van der Waals surface area contributed by atoms with Crippen LogP contribution in [-0.4, -0.2) is 45.9 Å². The van der Waals surface area contributed by atoms with E-state index in [4.69, 9.17) is 11.6 Å². The van der Waals surface area contributed by atoms with E-state index in [1.54, 1.807) is 0 Å². The van der Waals surface area contributed by atoms with Crippen LogP contribution in [0.15, 0.2) is 28.0 Å². The van der Waals surface area contributed by atoms with E-state index >= 15 is 0 Å². The Labute approximate surface area is 128 Å². The van der Waals surface area contributed by atoms with Crippen LogP contribution in [0.3, 0.4) is 0 Å². The average Bonchev–Trinajstić information content (AvgIpc) is 2.37.